The van der Waals surface area contributed by atoms with Crippen LogP contribution >= 0.6 is 0 Å². The number of anilines is 1. The first kappa shape index (κ1) is 34.1. The van der Waals surface area contributed by atoms with Crippen molar-refractivity contribution in [1.29, 1.82) is 0 Å². The molecule has 8 nitrogen and oxygen atoms in total. The van der Waals surface area contributed by atoms with Gasteiger partial charge in [0.15, 0.2) is 12.4 Å². The number of amides is 1. The molecule has 0 saturated heterocycles. The number of benzene rings is 3. The van der Waals surface area contributed by atoms with Crippen LogP contribution in [0.25, 0.3) is 16.6 Å². The van der Waals surface area contributed by atoms with E-state index in [0.29, 0.717) is 35.1 Å². The molecule has 1 amide bonds. The highest BCUT2D eigenvalue weighted by Gasteiger charge is 2.24. The number of carbonyl (C=O) groups is 1. The normalized spacial score (nSPS) is 11.0. The Morgan fingerprint density at radius 2 is 1.48 bits per heavy atom. The molecular formula is C38H40F2N3O5+. The van der Waals surface area contributed by atoms with Crippen LogP contribution in [0.1, 0.15) is 49.4 Å². The van der Waals surface area contributed by atoms with Crippen molar-refractivity contribution >= 4 is 22.5 Å². The first-order chi connectivity index (χ1) is 23.3. The van der Waals surface area contributed by atoms with E-state index in [-0.39, 0.29) is 23.2 Å². The molecule has 48 heavy (non-hydrogen) atoms. The molecule has 0 unspecified atom stereocenters. The van der Waals surface area contributed by atoms with Gasteiger partial charge in [0.1, 0.15) is 41.0 Å². The Hall–Kier alpha value is -5.25. The molecule has 0 saturated carbocycles. The maximum absolute atomic E-state index is 14.1. The molecule has 10 heteroatoms. The van der Waals surface area contributed by atoms with Gasteiger partial charge < -0.3 is 23.7 Å². The lowest BCUT2D eigenvalue weighted by Crippen LogP contribution is -2.35. The smallest absolute Gasteiger partial charge is 0.263 e. The molecule has 0 radical (unpaired) electrons. The summed E-state index contributed by atoms with van der Waals surface area (Å²) >= 11 is 0. The summed E-state index contributed by atoms with van der Waals surface area (Å²) in [5.74, 6) is -0.764. The molecule has 5 rings (SSSR count). The van der Waals surface area contributed by atoms with E-state index < -0.39 is 23.0 Å². The molecule has 3 aromatic carbocycles. The van der Waals surface area contributed by atoms with Gasteiger partial charge in [0.25, 0.3) is 5.91 Å². The summed E-state index contributed by atoms with van der Waals surface area (Å²) in [5, 5.41) is 0.271. The molecule has 0 atom stereocenters. The standard InChI is InChI=1S/C38H40F2N3O5/c1-4-42(29-20-27(39)19-28(40)21-29)38(45)35-26-43(30-22-32(46-2)24-33(23-30)47-3)36-25-31(13-14-34(36)37(35)44)48-18-12-7-5-6-9-15-41-16-10-8-11-17-41/h8,10-11,13-14,16-17,19-26H,4-7,9,12,15,18H2,1-3H3/q+1. The van der Waals surface area contributed by atoms with Crippen LogP contribution in [-0.2, 0) is 6.54 Å². The Labute approximate surface area is 278 Å². The fourth-order valence-electron chi connectivity index (χ4n) is 5.68. The van der Waals surface area contributed by atoms with Crippen LogP contribution in [0.15, 0.2) is 96.2 Å². The van der Waals surface area contributed by atoms with E-state index in [4.69, 9.17) is 14.2 Å². The molecule has 0 aliphatic rings. The third kappa shape index (κ3) is 8.17. The van der Waals surface area contributed by atoms with Gasteiger partial charge in [-0.1, -0.05) is 18.9 Å². The Kier molecular flexibility index (Phi) is 11.4. The summed E-state index contributed by atoms with van der Waals surface area (Å²) in [6.45, 7) is 3.26. The maximum atomic E-state index is 14.1. The highest BCUT2D eigenvalue weighted by molar-refractivity contribution is 6.07. The largest absolute Gasteiger partial charge is 0.497 e. The number of aromatic nitrogens is 2. The van der Waals surface area contributed by atoms with E-state index in [0.717, 1.165) is 56.8 Å². The summed E-state index contributed by atoms with van der Waals surface area (Å²) in [4.78, 5) is 28.9. The summed E-state index contributed by atoms with van der Waals surface area (Å²) in [5.41, 5.74) is 0.387. The monoisotopic (exact) mass is 656 g/mol. The van der Waals surface area contributed by atoms with Gasteiger partial charge in [-0.3, -0.25) is 9.59 Å². The average molecular weight is 657 g/mol. The number of unbranched alkanes of at least 4 members (excludes halogenated alkanes) is 4. The number of fused-ring (bicyclic) bond motifs is 1. The predicted molar refractivity (Wildman–Crippen MR) is 182 cm³/mol. The van der Waals surface area contributed by atoms with E-state index in [9.17, 15) is 18.4 Å². The molecule has 2 heterocycles. The van der Waals surface area contributed by atoms with Crippen molar-refractivity contribution in [2.45, 2.75) is 45.6 Å². The minimum Gasteiger partial charge on any atom is -0.497 e. The first-order valence-corrected chi connectivity index (χ1v) is 16.1. The lowest BCUT2D eigenvalue weighted by molar-refractivity contribution is -0.697. The molecule has 0 aliphatic heterocycles. The van der Waals surface area contributed by atoms with Gasteiger partial charge in [-0.2, -0.15) is 0 Å². The van der Waals surface area contributed by atoms with Crippen molar-refractivity contribution in [2.75, 3.05) is 32.3 Å². The zero-order valence-corrected chi connectivity index (χ0v) is 27.5. The SMILES string of the molecule is CCN(C(=O)c1cn(-c2cc(OC)cc(OC)c2)c2cc(OCCCCCCC[n+]3ccccc3)ccc2c1=O)c1cc(F)cc(F)c1. The molecular weight excluding hydrogens is 616 g/mol. The number of hydrogen-bond donors (Lipinski definition) is 0. The van der Waals surface area contributed by atoms with E-state index in [1.807, 2.05) is 18.2 Å². The second-order valence-corrected chi connectivity index (χ2v) is 11.4. The van der Waals surface area contributed by atoms with Crippen molar-refractivity contribution in [3.8, 4) is 22.9 Å². The summed E-state index contributed by atoms with van der Waals surface area (Å²) in [6.07, 6.45) is 10.9. The third-order valence-electron chi connectivity index (χ3n) is 8.15. The van der Waals surface area contributed by atoms with E-state index >= 15 is 0 Å². The van der Waals surface area contributed by atoms with Gasteiger partial charge in [-0.05, 0) is 44.0 Å². The second kappa shape index (κ2) is 16.0. The second-order valence-electron chi connectivity index (χ2n) is 11.4. The van der Waals surface area contributed by atoms with Gasteiger partial charge in [-0.25, -0.2) is 13.3 Å². The number of aryl methyl sites for hydroxylation is 1. The molecule has 250 valence electrons. The zero-order valence-electron chi connectivity index (χ0n) is 27.5. The van der Waals surface area contributed by atoms with Gasteiger partial charge in [0.2, 0.25) is 5.43 Å². The van der Waals surface area contributed by atoms with Crippen molar-refractivity contribution < 1.29 is 32.4 Å². The number of carbonyl (C=O) groups excluding carboxylic acids is 1. The van der Waals surface area contributed by atoms with Crippen molar-refractivity contribution in [3.63, 3.8) is 0 Å². The number of methoxy groups -OCH3 is 2. The fraction of sp³-hybridized carbons (Fsp3) is 0.289. The lowest BCUT2D eigenvalue weighted by atomic mass is 10.1. The number of ether oxygens (including phenoxy) is 3. The van der Waals surface area contributed by atoms with Crippen LogP contribution in [0.4, 0.5) is 14.5 Å². The Morgan fingerprint density at radius 3 is 2.15 bits per heavy atom. The van der Waals surface area contributed by atoms with Crippen molar-refractivity contribution in [1.82, 2.24) is 4.57 Å². The average Bonchev–Trinajstić information content (AvgIpc) is 3.09. The van der Waals surface area contributed by atoms with Crippen molar-refractivity contribution in [3.05, 3.63) is 119 Å². The number of hydrogen-bond acceptors (Lipinski definition) is 5. The molecule has 2 aromatic heterocycles. The van der Waals surface area contributed by atoms with Crippen LogP contribution in [0.5, 0.6) is 17.2 Å². The summed E-state index contributed by atoms with van der Waals surface area (Å²) < 4.78 is 49.2. The fourth-order valence-corrected chi connectivity index (χ4v) is 5.68. The van der Waals surface area contributed by atoms with Crippen LogP contribution in [0.2, 0.25) is 0 Å². The van der Waals surface area contributed by atoms with Crippen LogP contribution in [0.3, 0.4) is 0 Å². The number of pyridine rings is 2. The van der Waals surface area contributed by atoms with Crippen LogP contribution in [-0.4, -0.2) is 37.8 Å². The van der Waals surface area contributed by atoms with E-state index in [1.165, 1.54) is 25.3 Å². The number of nitrogens with zero attached hydrogens (tertiary/aromatic N) is 3. The third-order valence-corrected chi connectivity index (χ3v) is 8.15. The molecule has 0 aliphatic carbocycles. The minimum absolute atomic E-state index is 0.00734. The molecule has 0 bridgehead atoms. The highest BCUT2D eigenvalue weighted by Crippen LogP contribution is 2.29. The van der Waals surface area contributed by atoms with Crippen molar-refractivity contribution in [2.24, 2.45) is 0 Å². The maximum Gasteiger partial charge on any atom is 0.263 e. The van der Waals surface area contributed by atoms with Crippen LogP contribution in [0, 0.1) is 11.6 Å². The van der Waals surface area contributed by atoms with Gasteiger partial charge >= 0.3 is 0 Å². The topological polar surface area (TPSA) is 73.9 Å². The van der Waals surface area contributed by atoms with Gasteiger partial charge in [-0.15, -0.1) is 0 Å². The first-order valence-electron chi connectivity index (χ1n) is 16.1. The molecule has 0 spiro atoms. The Balaban J connectivity index is 1.41. The summed E-state index contributed by atoms with van der Waals surface area (Å²) in [6, 6.07) is 19.3. The quantitative estimate of drug-likeness (QED) is 0.0876. The number of rotatable bonds is 15. The van der Waals surface area contributed by atoms with E-state index in [1.54, 1.807) is 47.9 Å². The lowest BCUT2D eigenvalue weighted by Gasteiger charge is -2.22. The highest BCUT2D eigenvalue weighted by atomic mass is 19.1. The van der Waals surface area contributed by atoms with E-state index in [2.05, 4.69) is 17.0 Å². The van der Waals surface area contributed by atoms with Crippen LogP contribution < -0.4 is 29.1 Å². The minimum atomic E-state index is -0.828. The zero-order chi connectivity index (χ0) is 34.0. The molecule has 0 N–H and O–H groups in total. The van der Waals surface area contributed by atoms with Gasteiger partial charge in [0.05, 0.1) is 32.0 Å². The van der Waals surface area contributed by atoms with Gasteiger partial charge in [0, 0.05) is 72.7 Å². The molecule has 0 fully saturated rings. The Morgan fingerprint density at radius 1 is 0.812 bits per heavy atom. The Bertz CT molecular complexity index is 1890. The molecule has 5 aromatic rings. The summed E-state index contributed by atoms with van der Waals surface area (Å²) in [7, 11) is 3.06. The number of halogens is 2. The predicted octanol–water partition coefficient (Wildman–Crippen LogP) is 7.27.